The van der Waals surface area contributed by atoms with Crippen LogP contribution in [0.4, 0.5) is 9.52 Å². The Hall–Kier alpha value is -3.37. The molecule has 148 valence electrons. The zero-order chi connectivity index (χ0) is 20.7. The van der Waals surface area contributed by atoms with E-state index in [1.165, 1.54) is 42.2 Å². The molecule has 0 aliphatic carbocycles. The summed E-state index contributed by atoms with van der Waals surface area (Å²) in [5, 5.41) is 16.9. The van der Waals surface area contributed by atoms with Crippen molar-refractivity contribution in [1.29, 1.82) is 0 Å². The van der Waals surface area contributed by atoms with E-state index in [0.29, 0.717) is 21.6 Å². The predicted octanol–water partition coefficient (Wildman–Crippen LogP) is 4.65. The summed E-state index contributed by atoms with van der Waals surface area (Å²) in [6.07, 6.45) is 0. The molecule has 3 aromatic heterocycles. The van der Waals surface area contributed by atoms with Gasteiger partial charge in [-0.2, -0.15) is 9.61 Å². The maximum atomic E-state index is 13.2. The number of hydrogen-bond donors (Lipinski definition) is 1. The predicted molar refractivity (Wildman–Crippen MR) is 114 cm³/mol. The molecule has 10 heteroatoms. The number of thiazole rings is 1. The molecule has 0 fully saturated rings. The quantitative estimate of drug-likeness (QED) is 0.441. The molecule has 0 radical (unpaired) electrons. The number of benzene rings is 2. The highest BCUT2D eigenvalue weighted by atomic mass is 32.2. The molecule has 0 saturated heterocycles. The molecule has 0 bridgehead atoms. The lowest BCUT2D eigenvalue weighted by atomic mass is 10.1. The van der Waals surface area contributed by atoms with E-state index in [4.69, 9.17) is 0 Å². The summed E-state index contributed by atoms with van der Waals surface area (Å²) in [6.45, 7) is 1.46. The van der Waals surface area contributed by atoms with Gasteiger partial charge in [0, 0.05) is 17.4 Å². The Morgan fingerprint density at radius 3 is 2.73 bits per heavy atom. The summed E-state index contributed by atoms with van der Waals surface area (Å²) < 4.78 is 15.8. The summed E-state index contributed by atoms with van der Waals surface area (Å²) in [4.78, 5) is 16.6. The number of carbonyl (C=O) groups is 1. The van der Waals surface area contributed by atoms with Gasteiger partial charge in [0.25, 0.3) is 0 Å². The number of nitrogens with zero attached hydrogens (tertiary/aromatic N) is 5. The average molecular weight is 436 g/mol. The Bertz CT molecular complexity index is 1400. The topological polar surface area (TPSA) is 85.1 Å². The van der Waals surface area contributed by atoms with Crippen LogP contribution >= 0.6 is 23.1 Å². The van der Waals surface area contributed by atoms with Crippen molar-refractivity contribution in [3.63, 3.8) is 0 Å². The zero-order valence-electron chi connectivity index (χ0n) is 15.5. The van der Waals surface area contributed by atoms with Gasteiger partial charge < -0.3 is 5.32 Å². The Morgan fingerprint density at radius 2 is 1.93 bits per heavy atom. The van der Waals surface area contributed by atoms with Crippen LogP contribution in [0.1, 0.15) is 6.92 Å². The van der Waals surface area contributed by atoms with E-state index in [1.54, 1.807) is 16.6 Å². The van der Waals surface area contributed by atoms with Gasteiger partial charge in [-0.25, -0.2) is 9.37 Å². The van der Waals surface area contributed by atoms with Crippen molar-refractivity contribution in [3.05, 3.63) is 60.4 Å². The first-order valence-electron chi connectivity index (χ1n) is 8.89. The van der Waals surface area contributed by atoms with Gasteiger partial charge in [-0.05, 0) is 66.4 Å². The first-order valence-corrected chi connectivity index (χ1v) is 10.5. The number of aromatic nitrogens is 5. The van der Waals surface area contributed by atoms with Crippen LogP contribution in [0, 0.1) is 5.82 Å². The third kappa shape index (κ3) is 3.62. The van der Waals surface area contributed by atoms with Crippen LogP contribution in [0.15, 0.2) is 64.6 Å². The molecule has 7 nitrogen and oxygen atoms in total. The lowest BCUT2D eigenvalue weighted by Crippen LogP contribution is -2.04. The van der Waals surface area contributed by atoms with Gasteiger partial charge >= 0.3 is 0 Å². The lowest BCUT2D eigenvalue weighted by Gasteiger charge is -2.03. The zero-order valence-corrected chi connectivity index (χ0v) is 17.2. The van der Waals surface area contributed by atoms with Gasteiger partial charge in [0.1, 0.15) is 5.82 Å². The minimum Gasteiger partial charge on any atom is -0.302 e. The summed E-state index contributed by atoms with van der Waals surface area (Å²) in [7, 11) is 0. The van der Waals surface area contributed by atoms with Crippen LogP contribution in [0.3, 0.4) is 0 Å². The van der Waals surface area contributed by atoms with E-state index in [0.717, 1.165) is 20.7 Å². The van der Waals surface area contributed by atoms with Gasteiger partial charge in [-0.15, -0.1) is 10.2 Å². The molecule has 0 aliphatic heterocycles. The normalized spacial score (nSPS) is 11.3. The molecule has 5 aromatic rings. The van der Waals surface area contributed by atoms with Gasteiger partial charge in [0.15, 0.2) is 10.8 Å². The number of carbonyl (C=O) groups excluding carboxylic acids is 1. The molecule has 2 aromatic carbocycles. The minimum atomic E-state index is -0.291. The fourth-order valence-electron chi connectivity index (χ4n) is 2.89. The molecule has 0 unspecified atom stereocenters. The van der Waals surface area contributed by atoms with E-state index in [1.807, 2.05) is 30.3 Å². The van der Waals surface area contributed by atoms with Crippen LogP contribution < -0.4 is 5.32 Å². The monoisotopic (exact) mass is 436 g/mol. The maximum absolute atomic E-state index is 13.2. The van der Waals surface area contributed by atoms with Crippen molar-refractivity contribution in [3.8, 4) is 11.3 Å². The number of rotatable bonds is 4. The molecule has 1 amide bonds. The van der Waals surface area contributed by atoms with E-state index in [-0.39, 0.29) is 11.7 Å². The van der Waals surface area contributed by atoms with E-state index in [2.05, 4.69) is 25.6 Å². The average Bonchev–Trinajstić information content (AvgIpc) is 3.31. The largest absolute Gasteiger partial charge is 0.302 e. The highest BCUT2D eigenvalue weighted by Crippen LogP contribution is 2.33. The second-order valence-corrected chi connectivity index (χ2v) is 8.48. The standard InChI is InChI=1S/C20H13FN6OS2/c1-11(28)22-19-23-16-7-6-14(10-17(16)30-19)29-20-25-24-18-9-8-15(26-27(18)20)12-2-4-13(21)5-3-12/h2-10H,1H3,(H,22,23,28). The van der Waals surface area contributed by atoms with E-state index < -0.39 is 0 Å². The first kappa shape index (κ1) is 18.6. The Labute approximate surface area is 178 Å². The fourth-order valence-corrected chi connectivity index (χ4v) is 4.74. The fraction of sp³-hybridized carbons (Fsp3) is 0.0500. The molecule has 0 spiro atoms. The highest BCUT2D eigenvalue weighted by Gasteiger charge is 2.12. The molecular weight excluding hydrogens is 423 g/mol. The summed E-state index contributed by atoms with van der Waals surface area (Å²) in [5.74, 6) is -0.442. The van der Waals surface area contributed by atoms with E-state index in [9.17, 15) is 9.18 Å². The number of amides is 1. The van der Waals surface area contributed by atoms with Gasteiger partial charge in [0.2, 0.25) is 11.1 Å². The molecule has 5 rings (SSSR count). The molecule has 0 saturated carbocycles. The lowest BCUT2D eigenvalue weighted by molar-refractivity contribution is -0.114. The van der Waals surface area contributed by atoms with Crippen LogP contribution in [0.5, 0.6) is 0 Å². The summed E-state index contributed by atoms with van der Waals surface area (Å²) in [6, 6.07) is 15.7. The molecule has 30 heavy (non-hydrogen) atoms. The van der Waals surface area contributed by atoms with Crippen LogP contribution in [0.25, 0.3) is 27.1 Å². The van der Waals surface area contributed by atoms with Gasteiger partial charge in [-0.3, -0.25) is 4.79 Å². The van der Waals surface area contributed by atoms with Crippen molar-refractivity contribution >= 4 is 50.0 Å². The third-order valence-electron chi connectivity index (χ3n) is 4.23. The number of fused-ring (bicyclic) bond motifs is 2. The molecule has 0 aliphatic rings. The van der Waals surface area contributed by atoms with Crippen LogP contribution in [-0.4, -0.2) is 30.7 Å². The van der Waals surface area contributed by atoms with Gasteiger partial charge in [-0.1, -0.05) is 11.3 Å². The van der Waals surface area contributed by atoms with Crippen LogP contribution in [-0.2, 0) is 4.79 Å². The number of nitrogens with one attached hydrogen (secondary N) is 1. The van der Waals surface area contributed by atoms with E-state index >= 15 is 0 Å². The van der Waals surface area contributed by atoms with Crippen molar-refractivity contribution in [2.45, 2.75) is 17.0 Å². The summed E-state index contributed by atoms with van der Waals surface area (Å²) in [5.41, 5.74) is 2.94. The molecular formula is C20H13FN6OS2. The summed E-state index contributed by atoms with van der Waals surface area (Å²) >= 11 is 2.84. The Morgan fingerprint density at radius 1 is 1.10 bits per heavy atom. The smallest absolute Gasteiger partial charge is 0.223 e. The number of halogens is 1. The van der Waals surface area contributed by atoms with Crippen LogP contribution in [0.2, 0.25) is 0 Å². The molecule has 1 N–H and O–H groups in total. The Balaban J connectivity index is 1.48. The maximum Gasteiger partial charge on any atom is 0.223 e. The third-order valence-corrected chi connectivity index (χ3v) is 6.09. The second kappa shape index (κ2) is 7.47. The first-order chi connectivity index (χ1) is 14.5. The van der Waals surface area contributed by atoms with Crippen molar-refractivity contribution in [2.75, 3.05) is 5.32 Å². The highest BCUT2D eigenvalue weighted by molar-refractivity contribution is 7.99. The minimum absolute atomic E-state index is 0.151. The van der Waals surface area contributed by atoms with Gasteiger partial charge in [0.05, 0.1) is 15.9 Å². The number of hydrogen-bond acceptors (Lipinski definition) is 7. The molecule has 3 heterocycles. The molecule has 0 atom stereocenters. The number of anilines is 1. The van der Waals surface area contributed by atoms with Crippen molar-refractivity contribution in [2.24, 2.45) is 0 Å². The van der Waals surface area contributed by atoms with Crippen molar-refractivity contribution < 1.29 is 9.18 Å². The SMILES string of the molecule is CC(=O)Nc1nc2ccc(Sc3nnc4ccc(-c5ccc(F)cc5)nn34)cc2s1. The Kier molecular flexibility index (Phi) is 4.64. The van der Waals surface area contributed by atoms with Crippen molar-refractivity contribution in [1.82, 2.24) is 24.8 Å². The second-order valence-electron chi connectivity index (χ2n) is 6.41.